The molecule has 0 bridgehead atoms. The highest BCUT2D eigenvalue weighted by atomic mass is 16.5. The van der Waals surface area contributed by atoms with Crippen molar-refractivity contribution in [2.75, 3.05) is 40.3 Å². The van der Waals surface area contributed by atoms with Crippen molar-refractivity contribution < 1.29 is 19.2 Å². The third-order valence-electron chi connectivity index (χ3n) is 6.87. The van der Waals surface area contributed by atoms with Crippen LogP contribution in [0.5, 0.6) is 5.75 Å². The van der Waals surface area contributed by atoms with Crippen LogP contribution in [0.4, 0.5) is 4.79 Å². The third-order valence-corrected chi connectivity index (χ3v) is 6.87. The Bertz CT molecular complexity index is 853. The summed E-state index contributed by atoms with van der Waals surface area (Å²) in [5.74, 6) is 0.745. The maximum Gasteiger partial charge on any atom is 0.322 e. The van der Waals surface area contributed by atoms with Crippen molar-refractivity contribution in [2.24, 2.45) is 0 Å². The number of methoxy groups -OCH3 is 1. The molecule has 0 spiro atoms. The first-order chi connectivity index (χ1) is 14.5. The molecule has 30 heavy (non-hydrogen) atoms. The Balaban J connectivity index is 1.48. The van der Waals surface area contributed by atoms with Crippen LogP contribution in [0, 0.1) is 0 Å². The summed E-state index contributed by atoms with van der Waals surface area (Å²) in [7, 11) is 3.35. The highest BCUT2D eigenvalue weighted by molar-refractivity contribution is 6.01. The molecule has 3 aliphatic heterocycles. The van der Waals surface area contributed by atoms with Crippen molar-refractivity contribution in [1.82, 2.24) is 15.1 Å². The maximum absolute atomic E-state index is 13.3. The Morgan fingerprint density at radius 1 is 1.27 bits per heavy atom. The fourth-order valence-corrected chi connectivity index (χ4v) is 5.00. The molecule has 1 unspecified atom stereocenters. The number of hydrogen-bond donors (Lipinski definition) is 2. The Hall–Kier alpha value is -2.54. The van der Waals surface area contributed by atoms with E-state index in [1.165, 1.54) is 25.8 Å². The number of carbonyl (C=O) groups excluding carboxylic acids is 2. The zero-order valence-corrected chi connectivity index (χ0v) is 18.2. The molecule has 7 heteroatoms. The largest absolute Gasteiger partial charge is 0.497 e. The first-order valence-corrected chi connectivity index (χ1v) is 11.0. The van der Waals surface area contributed by atoms with Crippen molar-refractivity contribution in [2.45, 2.75) is 44.7 Å². The van der Waals surface area contributed by atoms with Crippen LogP contribution in [0.25, 0.3) is 0 Å². The number of nitrogens with one attached hydrogen (secondary N) is 2. The predicted octanol–water partition coefficient (Wildman–Crippen LogP) is 1.34. The number of likely N-dealkylation sites (N-methyl/N-ethyl adjacent to an activating group) is 1. The van der Waals surface area contributed by atoms with Crippen LogP contribution < -0.4 is 15.0 Å². The minimum atomic E-state index is -0.441. The molecule has 7 nitrogen and oxygen atoms in total. The standard InChI is InChI=1S/C23H32N4O3/c1-16-8-4-5-11-26(16)12-7-13-27-15-19-20(22(27)28)21(24-23(29)25(19)2)17-9-6-10-18(14-17)30-3/h6,9-10,14,16,21H,4-5,7-8,11-13,15H2,1-3H3,(H,24,29)/p+1/t16-,21+/m1/s1. The molecule has 2 N–H and O–H groups in total. The summed E-state index contributed by atoms with van der Waals surface area (Å²) in [4.78, 5) is 31.0. The molecule has 0 aliphatic carbocycles. The van der Waals surface area contributed by atoms with Crippen LogP contribution in [0.3, 0.4) is 0 Å². The van der Waals surface area contributed by atoms with Crippen LogP contribution in [-0.2, 0) is 4.79 Å². The van der Waals surface area contributed by atoms with Gasteiger partial charge in [-0.15, -0.1) is 0 Å². The van der Waals surface area contributed by atoms with Gasteiger partial charge in [-0.3, -0.25) is 9.69 Å². The van der Waals surface area contributed by atoms with Crippen molar-refractivity contribution in [1.29, 1.82) is 0 Å². The fraction of sp³-hybridized carbons (Fsp3) is 0.565. The molecule has 3 heterocycles. The van der Waals surface area contributed by atoms with E-state index in [1.54, 1.807) is 24.0 Å². The number of piperidine rings is 1. The molecule has 1 aromatic carbocycles. The molecular weight excluding hydrogens is 380 g/mol. The van der Waals surface area contributed by atoms with E-state index in [4.69, 9.17) is 4.74 Å². The van der Waals surface area contributed by atoms with Gasteiger partial charge in [-0.05, 0) is 43.9 Å². The van der Waals surface area contributed by atoms with E-state index in [9.17, 15) is 9.59 Å². The Morgan fingerprint density at radius 3 is 2.87 bits per heavy atom. The lowest BCUT2D eigenvalue weighted by Gasteiger charge is -2.31. The van der Waals surface area contributed by atoms with Gasteiger partial charge in [0.15, 0.2) is 0 Å². The Morgan fingerprint density at radius 2 is 2.10 bits per heavy atom. The van der Waals surface area contributed by atoms with E-state index in [0.717, 1.165) is 30.8 Å². The molecular formula is C23H33N4O3+. The number of ether oxygens (including phenoxy) is 1. The maximum atomic E-state index is 13.3. The second-order valence-electron chi connectivity index (χ2n) is 8.71. The minimum absolute atomic E-state index is 0.0337. The number of quaternary nitrogens is 1. The summed E-state index contributed by atoms with van der Waals surface area (Å²) >= 11 is 0. The van der Waals surface area contributed by atoms with Gasteiger partial charge in [0, 0.05) is 20.0 Å². The SMILES string of the molecule is COc1cccc([C@@H]2NC(=O)N(C)C3=C2C(=O)N(CCC[NH+]2CCCC[C@H]2C)C3)c1. The van der Waals surface area contributed by atoms with Crippen molar-refractivity contribution in [3.8, 4) is 5.75 Å². The molecule has 0 saturated carbocycles. The summed E-state index contributed by atoms with van der Waals surface area (Å²) in [6, 6.07) is 7.66. The van der Waals surface area contributed by atoms with E-state index in [0.29, 0.717) is 23.9 Å². The van der Waals surface area contributed by atoms with E-state index in [2.05, 4.69) is 12.2 Å². The molecule has 1 aromatic rings. The lowest BCUT2D eigenvalue weighted by molar-refractivity contribution is -0.928. The highest BCUT2D eigenvalue weighted by Gasteiger charge is 2.42. The number of urea groups is 1. The van der Waals surface area contributed by atoms with Gasteiger partial charge in [-0.2, -0.15) is 0 Å². The zero-order chi connectivity index (χ0) is 21.3. The van der Waals surface area contributed by atoms with Crippen LogP contribution in [0.1, 0.15) is 44.2 Å². The van der Waals surface area contributed by atoms with E-state index < -0.39 is 6.04 Å². The van der Waals surface area contributed by atoms with Crippen molar-refractivity contribution >= 4 is 11.9 Å². The number of carbonyl (C=O) groups is 2. The van der Waals surface area contributed by atoms with Gasteiger partial charge in [-0.1, -0.05) is 12.1 Å². The number of hydrogen-bond acceptors (Lipinski definition) is 3. The zero-order valence-electron chi connectivity index (χ0n) is 18.2. The molecule has 4 rings (SSSR count). The molecule has 0 aromatic heterocycles. The Kier molecular flexibility index (Phi) is 5.99. The van der Waals surface area contributed by atoms with Crippen molar-refractivity contribution in [3.63, 3.8) is 0 Å². The third kappa shape index (κ3) is 3.90. The normalized spacial score (nSPS) is 26.7. The lowest BCUT2D eigenvalue weighted by atomic mass is 9.95. The quantitative estimate of drug-likeness (QED) is 0.740. The molecule has 3 atom stereocenters. The summed E-state index contributed by atoms with van der Waals surface area (Å²) in [5, 5.41) is 2.99. The van der Waals surface area contributed by atoms with Crippen molar-refractivity contribution in [3.05, 3.63) is 41.1 Å². The molecule has 162 valence electrons. The smallest absolute Gasteiger partial charge is 0.322 e. The molecule has 1 fully saturated rings. The van der Waals surface area contributed by atoms with Gasteiger partial charge in [0.1, 0.15) is 5.75 Å². The van der Waals surface area contributed by atoms with E-state index in [-0.39, 0.29) is 11.9 Å². The number of amides is 3. The van der Waals surface area contributed by atoms with Gasteiger partial charge in [0.25, 0.3) is 5.91 Å². The topological polar surface area (TPSA) is 66.3 Å². The van der Waals surface area contributed by atoms with Crippen LogP contribution in [0.15, 0.2) is 35.5 Å². The second-order valence-corrected chi connectivity index (χ2v) is 8.71. The monoisotopic (exact) mass is 413 g/mol. The lowest BCUT2D eigenvalue weighted by Crippen LogP contribution is -3.16. The van der Waals surface area contributed by atoms with Gasteiger partial charge >= 0.3 is 6.03 Å². The average molecular weight is 414 g/mol. The van der Waals surface area contributed by atoms with Gasteiger partial charge in [0.05, 0.1) is 50.1 Å². The van der Waals surface area contributed by atoms with Gasteiger partial charge in [-0.25, -0.2) is 4.79 Å². The number of nitrogens with zero attached hydrogens (tertiary/aromatic N) is 2. The highest BCUT2D eigenvalue weighted by Crippen LogP contribution is 2.36. The van der Waals surface area contributed by atoms with Gasteiger partial charge in [0.2, 0.25) is 0 Å². The van der Waals surface area contributed by atoms with Crippen LogP contribution in [-0.4, -0.2) is 68.1 Å². The van der Waals surface area contributed by atoms with Gasteiger partial charge < -0.3 is 19.9 Å². The summed E-state index contributed by atoms with van der Waals surface area (Å²) in [6.07, 6.45) is 4.93. The predicted molar refractivity (Wildman–Crippen MR) is 114 cm³/mol. The first kappa shape index (κ1) is 20.7. The fourth-order valence-electron chi connectivity index (χ4n) is 5.00. The van der Waals surface area contributed by atoms with E-state index >= 15 is 0 Å². The number of benzene rings is 1. The summed E-state index contributed by atoms with van der Waals surface area (Å²) < 4.78 is 5.34. The van der Waals surface area contributed by atoms with Crippen LogP contribution >= 0.6 is 0 Å². The van der Waals surface area contributed by atoms with E-state index in [1.807, 2.05) is 29.2 Å². The molecule has 1 saturated heterocycles. The van der Waals surface area contributed by atoms with Crippen LogP contribution in [0.2, 0.25) is 0 Å². The number of likely N-dealkylation sites (tertiary alicyclic amines) is 1. The minimum Gasteiger partial charge on any atom is -0.497 e. The molecule has 3 amide bonds. The summed E-state index contributed by atoms with van der Waals surface area (Å²) in [5.41, 5.74) is 2.37. The average Bonchev–Trinajstić information content (AvgIpc) is 3.09. The summed E-state index contributed by atoms with van der Waals surface area (Å²) in [6.45, 7) is 5.91. The number of rotatable bonds is 6. The molecule has 3 aliphatic rings. The first-order valence-electron chi connectivity index (χ1n) is 11.0. The molecule has 0 radical (unpaired) electrons. The second kappa shape index (κ2) is 8.68. The Labute approximate surface area is 178 Å².